The lowest BCUT2D eigenvalue weighted by molar-refractivity contribution is 0.0528. The lowest BCUT2D eigenvalue weighted by Gasteiger charge is -2.29. The van der Waals surface area contributed by atoms with Gasteiger partial charge >= 0.3 is 0 Å². The predicted octanol–water partition coefficient (Wildman–Crippen LogP) is 2.65. The molecule has 2 nitrogen and oxygen atoms in total. The van der Waals surface area contributed by atoms with Gasteiger partial charge in [0.2, 0.25) is 5.44 Å². The molecule has 0 aromatic rings. The molecule has 4 atom stereocenters. The highest BCUT2D eigenvalue weighted by Gasteiger charge is 2.42. The van der Waals surface area contributed by atoms with Crippen molar-refractivity contribution in [1.29, 1.82) is 0 Å². The van der Waals surface area contributed by atoms with E-state index in [1.165, 1.54) is 0 Å². The van der Waals surface area contributed by atoms with Crippen LogP contribution < -0.4 is 0 Å². The molecule has 1 aliphatic rings. The Bertz CT molecular complexity index is 148. The maximum absolute atomic E-state index is 5.73. The second-order valence-electron chi connectivity index (χ2n) is 3.52. The zero-order valence-electron chi connectivity index (χ0n) is 9.49. The predicted molar refractivity (Wildman–Crippen MR) is 65.5 cm³/mol. The first-order valence-corrected chi connectivity index (χ1v) is 8.33. The molecule has 1 fully saturated rings. The van der Waals surface area contributed by atoms with Crippen molar-refractivity contribution in [2.45, 2.75) is 38.1 Å². The second kappa shape index (κ2) is 6.26. The quantitative estimate of drug-likeness (QED) is 0.553. The fourth-order valence-corrected chi connectivity index (χ4v) is 5.79. The van der Waals surface area contributed by atoms with E-state index in [0.717, 1.165) is 19.6 Å². The van der Waals surface area contributed by atoms with Crippen LogP contribution in [-0.4, -0.2) is 30.3 Å². The van der Waals surface area contributed by atoms with Gasteiger partial charge in [0.05, 0.1) is 9.93 Å². The van der Waals surface area contributed by atoms with E-state index in [0.29, 0.717) is 16.8 Å². The van der Waals surface area contributed by atoms with Crippen LogP contribution in [-0.2, 0) is 19.4 Å². The van der Waals surface area contributed by atoms with E-state index >= 15 is 0 Å². The highest BCUT2D eigenvalue weighted by atomic mass is 33.1. The number of rotatable bonds is 4. The summed E-state index contributed by atoms with van der Waals surface area (Å²) >= 11 is 0. The number of hydrogen-bond donors (Lipinski definition) is 0. The van der Waals surface area contributed by atoms with Gasteiger partial charge < -0.3 is 9.47 Å². The average molecular weight is 237 g/mol. The monoisotopic (exact) mass is 237 g/mol. The van der Waals surface area contributed by atoms with Gasteiger partial charge in [0, 0.05) is 25.6 Å². The fourth-order valence-electron chi connectivity index (χ4n) is 1.56. The van der Waals surface area contributed by atoms with Crippen LogP contribution in [0, 0.1) is 5.92 Å². The molecule has 84 valence electrons. The van der Waals surface area contributed by atoms with Crippen molar-refractivity contribution in [1.82, 2.24) is 0 Å². The molecular weight excluding hydrogens is 216 g/mol. The van der Waals surface area contributed by atoms with Crippen molar-refractivity contribution in [2.75, 3.05) is 19.5 Å². The van der Waals surface area contributed by atoms with Gasteiger partial charge in [-0.2, -0.15) is 0 Å². The van der Waals surface area contributed by atoms with Crippen molar-refractivity contribution in [3.63, 3.8) is 0 Å². The van der Waals surface area contributed by atoms with Crippen LogP contribution in [0.5, 0.6) is 0 Å². The molecular formula is C10H21O2S2+. The first-order chi connectivity index (χ1) is 6.69. The molecule has 0 bridgehead atoms. The molecule has 4 unspecified atom stereocenters. The van der Waals surface area contributed by atoms with E-state index in [-0.39, 0.29) is 9.93 Å². The molecule has 1 aliphatic heterocycles. The SMILES string of the molecule is CCOC1S[S+](C)C(OCC)CC1C. The zero-order chi connectivity index (χ0) is 10.6. The molecule has 0 saturated carbocycles. The van der Waals surface area contributed by atoms with Crippen LogP contribution in [0.3, 0.4) is 0 Å². The van der Waals surface area contributed by atoms with Crippen molar-refractivity contribution >= 4 is 20.7 Å². The summed E-state index contributed by atoms with van der Waals surface area (Å²) in [7, 11) is 2.24. The van der Waals surface area contributed by atoms with E-state index in [1.54, 1.807) is 0 Å². The standard InChI is InChI=1S/C10H21O2S2/c1-5-11-9-7-8(3)10(12-6-2)13-14(9)4/h8-10H,5-7H2,1-4H3/q+1. The second-order valence-corrected chi connectivity index (χ2v) is 7.85. The minimum atomic E-state index is 0.289. The summed E-state index contributed by atoms with van der Waals surface area (Å²) in [5, 5.41) is 0. The largest absolute Gasteiger partial charge is 0.363 e. The molecule has 1 heterocycles. The molecule has 0 spiro atoms. The highest BCUT2D eigenvalue weighted by molar-refractivity contribution is 8.74. The Morgan fingerprint density at radius 3 is 2.50 bits per heavy atom. The average Bonchev–Trinajstić information content (AvgIpc) is 2.14. The van der Waals surface area contributed by atoms with Gasteiger partial charge in [0.15, 0.2) is 5.44 Å². The summed E-state index contributed by atoms with van der Waals surface area (Å²) in [6.45, 7) is 8.04. The first-order valence-electron chi connectivity index (χ1n) is 5.24. The summed E-state index contributed by atoms with van der Waals surface area (Å²) in [4.78, 5) is 0. The molecule has 1 rings (SSSR count). The van der Waals surface area contributed by atoms with Gasteiger partial charge in [-0.25, -0.2) is 0 Å². The zero-order valence-corrected chi connectivity index (χ0v) is 11.1. The topological polar surface area (TPSA) is 18.5 Å². The van der Waals surface area contributed by atoms with E-state index in [1.807, 2.05) is 10.8 Å². The summed E-state index contributed by atoms with van der Waals surface area (Å²) in [6, 6.07) is 0. The smallest absolute Gasteiger partial charge is 0.230 e. The summed E-state index contributed by atoms with van der Waals surface area (Å²) in [5.41, 5.74) is 0.821. The Kier molecular flexibility index (Phi) is 5.67. The Balaban J connectivity index is 2.44. The Morgan fingerprint density at radius 1 is 1.29 bits per heavy atom. The van der Waals surface area contributed by atoms with Gasteiger partial charge in [0.25, 0.3) is 0 Å². The van der Waals surface area contributed by atoms with E-state index in [9.17, 15) is 0 Å². The molecule has 0 amide bonds. The van der Waals surface area contributed by atoms with Crippen molar-refractivity contribution in [3.8, 4) is 0 Å². The normalized spacial score (nSPS) is 38.6. The minimum absolute atomic E-state index is 0.289. The van der Waals surface area contributed by atoms with Gasteiger partial charge in [-0.3, -0.25) is 0 Å². The third kappa shape index (κ3) is 3.33. The molecule has 0 N–H and O–H groups in total. The summed E-state index contributed by atoms with van der Waals surface area (Å²) in [6.07, 6.45) is 3.41. The van der Waals surface area contributed by atoms with Crippen molar-refractivity contribution in [2.24, 2.45) is 5.92 Å². The lowest BCUT2D eigenvalue weighted by atomic mass is 10.1. The van der Waals surface area contributed by atoms with Gasteiger partial charge in [-0.1, -0.05) is 6.92 Å². The first kappa shape index (κ1) is 12.7. The molecule has 0 radical (unpaired) electrons. The van der Waals surface area contributed by atoms with Crippen molar-refractivity contribution < 1.29 is 9.47 Å². The molecule has 0 aliphatic carbocycles. The Hall–Kier alpha value is 0.620. The molecule has 0 aromatic carbocycles. The fraction of sp³-hybridized carbons (Fsp3) is 1.00. The van der Waals surface area contributed by atoms with E-state index in [4.69, 9.17) is 9.47 Å². The molecule has 0 aromatic heterocycles. The van der Waals surface area contributed by atoms with Crippen LogP contribution in [0.25, 0.3) is 0 Å². The van der Waals surface area contributed by atoms with Crippen molar-refractivity contribution in [3.05, 3.63) is 0 Å². The van der Waals surface area contributed by atoms with Crippen LogP contribution >= 0.6 is 10.8 Å². The Morgan fingerprint density at radius 2 is 1.93 bits per heavy atom. The maximum atomic E-state index is 5.73. The van der Waals surface area contributed by atoms with E-state index in [2.05, 4.69) is 27.0 Å². The number of ether oxygens (including phenoxy) is 2. The van der Waals surface area contributed by atoms with Crippen LogP contribution in [0.4, 0.5) is 0 Å². The molecule has 1 saturated heterocycles. The van der Waals surface area contributed by atoms with Crippen LogP contribution in [0.15, 0.2) is 0 Å². The summed E-state index contributed by atoms with van der Waals surface area (Å²) < 4.78 is 11.4. The van der Waals surface area contributed by atoms with Gasteiger partial charge in [-0.05, 0) is 13.8 Å². The highest BCUT2D eigenvalue weighted by Crippen LogP contribution is 2.39. The minimum Gasteiger partial charge on any atom is -0.363 e. The van der Waals surface area contributed by atoms with Gasteiger partial charge in [-0.15, -0.1) is 0 Å². The molecule has 4 heteroatoms. The maximum Gasteiger partial charge on any atom is 0.230 e. The van der Waals surface area contributed by atoms with Crippen LogP contribution in [0.2, 0.25) is 0 Å². The Labute approximate surface area is 93.9 Å². The molecule has 14 heavy (non-hydrogen) atoms. The van der Waals surface area contributed by atoms with E-state index < -0.39 is 0 Å². The summed E-state index contributed by atoms with van der Waals surface area (Å²) in [5.74, 6) is 0.611. The lowest BCUT2D eigenvalue weighted by Crippen LogP contribution is -2.36. The van der Waals surface area contributed by atoms with Gasteiger partial charge in [0.1, 0.15) is 17.0 Å². The number of hydrogen-bond acceptors (Lipinski definition) is 3. The van der Waals surface area contributed by atoms with Crippen LogP contribution in [0.1, 0.15) is 27.2 Å². The third-order valence-corrected chi connectivity index (χ3v) is 6.62. The third-order valence-electron chi connectivity index (χ3n) is 2.33.